The second-order valence-corrected chi connectivity index (χ2v) is 11.6. The van der Waals surface area contributed by atoms with Gasteiger partial charge in [-0.3, -0.25) is 0 Å². The fourth-order valence-electron chi connectivity index (χ4n) is 2.68. The lowest BCUT2D eigenvalue weighted by atomic mass is 10.1. The van der Waals surface area contributed by atoms with Crippen molar-refractivity contribution in [3.63, 3.8) is 0 Å². The molecule has 2 aliphatic heterocycles. The van der Waals surface area contributed by atoms with Crippen molar-refractivity contribution in [2.24, 2.45) is 0 Å². The van der Waals surface area contributed by atoms with Crippen molar-refractivity contribution in [3.05, 3.63) is 0 Å². The van der Waals surface area contributed by atoms with E-state index in [-0.39, 0.29) is 0 Å². The van der Waals surface area contributed by atoms with Crippen molar-refractivity contribution in [1.82, 2.24) is 0 Å². The van der Waals surface area contributed by atoms with E-state index in [0.717, 1.165) is 9.16 Å². The van der Waals surface area contributed by atoms with Crippen molar-refractivity contribution in [3.8, 4) is 0 Å². The molecule has 124 valence electrons. The van der Waals surface area contributed by atoms with Crippen molar-refractivity contribution in [1.29, 1.82) is 0 Å². The van der Waals surface area contributed by atoms with E-state index in [2.05, 4.69) is 60.9 Å². The van der Waals surface area contributed by atoms with E-state index in [1.54, 1.807) is 0 Å². The van der Waals surface area contributed by atoms with Crippen molar-refractivity contribution < 1.29 is 4.74 Å². The highest BCUT2D eigenvalue weighted by Gasteiger charge is 2.24. The van der Waals surface area contributed by atoms with Gasteiger partial charge < -0.3 is 4.74 Å². The average molecular weight is 367 g/mol. The molecule has 5 heteroatoms. The highest BCUT2D eigenvalue weighted by atomic mass is 32.2. The second kappa shape index (κ2) is 11.0. The normalized spacial score (nSPS) is 24.9. The second-order valence-electron chi connectivity index (χ2n) is 5.72. The average Bonchev–Trinajstić information content (AvgIpc) is 2.55. The number of thioether (sulfide) groups is 4. The van der Waals surface area contributed by atoms with Crippen LogP contribution in [0.25, 0.3) is 0 Å². The van der Waals surface area contributed by atoms with Crippen LogP contribution < -0.4 is 0 Å². The van der Waals surface area contributed by atoms with E-state index < -0.39 is 0 Å². The number of hydrogen-bond donors (Lipinski definition) is 0. The first-order valence-corrected chi connectivity index (χ1v) is 12.6. The molecule has 0 radical (unpaired) electrons. The van der Waals surface area contributed by atoms with Gasteiger partial charge in [0.25, 0.3) is 0 Å². The standard InChI is InChI=1S/C16H30OS4/c1-3-13(11-15-18-7-5-8-19-15)17-14(4-2)12-16-20-9-6-10-21-16/h13-16H,3-12H2,1-2H3. The van der Waals surface area contributed by atoms with Crippen LogP contribution in [0.5, 0.6) is 0 Å². The Kier molecular flexibility index (Phi) is 9.80. The summed E-state index contributed by atoms with van der Waals surface area (Å²) < 4.78 is 8.06. The van der Waals surface area contributed by atoms with Gasteiger partial charge in [-0.25, -0.2) is 0 Å². The molecule has 0 N–H and O–H groups in total. The zero-order valence-electron chi connectivity index (χ0n) is 13.4. The quantitative estimate of drug-likeness (QED) is 0.540. The molecule has 2 saturated heterocycles. The van der Waals surface area contributed by atoms with E-state index >= 15 is 0 Å². The Morgan fingerprint density at radius 2 is 1.14 bits per heavy atom. The fraction of sp³-hybridized carbons (Fsp3) is 1.00. The molecule has 21 heavy (non-hydrogen) atoms. The van der Waals surface area contributed by atoms with E-state index in [0.29, 0.717) is 12.2 Å². The lowest BCUT2D eigenvalue weighted by Gasteiger charge is -2.30. The van der Waals surface area contributed by atoms with Crippen LogP contribution in [0.15, 0.2) is 0 Å². The van der Waals surface area contributed by atoms with Crippen LogP contribution in [-0.4, -0.2) is 44.4 Å². The van der Waals surface area contributed by atoms with Crippen molar-refractivity contribution in [2.75, 3.05) is 23.0 Å². The Bertz CT molecular complexity index is 239. The molecule has 0 spiro atoms. The highest BCUT2D eigenvalue weighted by molar-refractivity contribution is 8.17. The van der Waals surface area contributed by atoms with Crippen LogP contribution in [0.4, 0.5) is 0 Å². The molecular weight excluding hydrogens is 336 g/mol. The van der Waals surface area contributed by atoms with Crippen LogP contribution in [0.3, 0.4) is 0 Å². The van der Waals surface area contributed by atoms with Gasteiger partial charge in [-0.1, -0.05) is 13.8 Å². The lowest BCUT2D eigenvalue weighted by molar-refractivity contribution is -0.0194. The minimum atomic E-state index is 0.469. The molecular formula is C16H30OS4. The van der Waals surface area contributed by atoms with Gasteiger partial charge in [0, 0.05) is 0 Å². The Balaban J connectivity index is 1.74. The minimum absolute atomic E-state index is 0.469. The SMILES string of the molecule is CCC(CC1SCCCS1)OC(CC)CC1SCCCS1. The number of hydrogen-bond acceptors (Lipinski definition) is 5. The summed E-state index contributed by atoms with van der Waals surface area (Å²) in [6.45, 7) is 4.58. The summed E-state index contributed by atoms with van der Waals surface area (Å²) in [5.41, 5.74) is 0. The lowest BCUT2D eigenvalue weighted by Crippen LogP contribution is -2.27. The van der Waals surface area contributed by atoms with Gasteiger partial charge in [0.05, 0.1) is 21.4 Å². The predicted molar refractivity (Wildman–Crippen MR) is 105 cm³/mol. The highest BCUT2D eigenvalue weighted by Crippen LogP contribution is 2.37. The molecule has 0 aliphatic carbocycles. The third kappa shape index (κ3) is 7.19. The molecule has 1 nitrogen and oxygen atoms in total. The van der Waals surface area contributed by atoms with Crippen LogP contribution in [0, 0.1) is 0 Å². The van der Waals surface area contributed by atoms with Crippen LogP contribution >= 0.6 is 47.0 Å². The Morgan fingerprint density at radius 3 is 1.48 bits per heavy atom. The summed E-state index contributed by atoms with van der Waals surface area (Å²) in [5, 5.41) is 0. The van der Waals surface area contributed by atoms with E-state index in [1.807, 2.05) is 0 Å². The molecule has 2 heterocycles. The van der Waals surface area contributed by atoms with Gasteiger partial charge >= 0.3 is 0 Å². The fourth-order valence-corrected chi connectivity index (χ4v) is 8.67. The third-order valence-corrected chi connectivity index (χ3v) is 9.99. The summed E-state index contributed by atoms with van der Waals surface area (Å²) in [7, 11) is 0. The molecule has 2 fully saturated rings. The molecule has 0 aromatic heterocycles. The first-order valence-electron chi connectivity index (χ1n) is 8.43. The molecule has 0 aromatic carbocycles. The zero-order valence-corrected chi connectivity index (χ0v) is 16.7. The molecule has 0 bridgehead atoms. The van der Waals surface area contributed by atoms with Crippen molar-refractivity contribution in [2.45, 2.75) is 73.7 Å². The Labute approximate surface area is 148 Å². The predicted octanol–water partition coefficient (Wildman–Crippen LogP) is 5.73. The molecule has 2 aliphatic rings. The summed E-state index contributed by atoms with van der Waals surface area (Å²) >= 11 is 8.61. The molecule has 0 amide bonds. The van der Waals surface area contributed by atoms with Gasteiger partial charge in [0.1, 0.15) is 0 Å². The summed E-state index contributed by atoms with van der Waals surface area (Å²) in [4.78, 5) is 0. The third-order valence-electron chi connectivity index (χ3n) is 4.00. The largest absolute Gasteiger partial charge is 0.375 e. The van der Waals surface area contributed by atoms with Crippen LogP contribution in [-0.2, 0) is 4.74 Å². The monoisotopic (exact) mass is 366 g/mol. The Morgan fingerprint density at radius 1 is 0.762 bits per heavy atom. The maximum atomic E-state index is 6.50. The first kappa shape index (κ1) is 18.7. The maximum absolute atomic E-state index is 6.50. The summed E-state index contributed by atoms with van der Waals surface area (Å²) in [5.74, 6) is 5.39. The summed E-state index contributed by atoms with van der Waals surface area (Å²) in [6, 6.07) is 0. The van der Waals surface area contributed by atoms with E-state index in [1.165, 1.54) is 61.5 Å². The van der Waals surface area contributed by atoms with Crippen LogP contribution in [0.1, 0.15) is 52.4 Å². The molecule has 2 atom stereocenters. The van der Waals surface area contributed by atoms with Gasteiger partial charge in [0.15, 0.2) is 0 Å². The molecule has 0 aromatic rings. The van der Waals surface area contributed by atoms with Crippen LogP contribution in [0.2, 0.25) is 0 Å². The minimum Gasteiger partial charge on any atom is -0.375 e. The number of rotatable bonds is 8. The summed E-state index contributed by atoms with van der Waals surface area (Å²) in [6.07, 6.45) is 8.53. The Hall–Kier alpha value is 1.36. The maximum Gasteiger partial charge on any atom is 0.0594 e. The molecule has 2 unspecified atom stereocenters. The van der Waals surface area contributed by atoms with E-state index in [9.17, 15) is 0 Å². The number of ether oxygens (including phenoxy) is 1. The van der Waals surface area contributed by atoms with Crippen molar-refractivity contribution >= 4 is 47.0 Å². The van der Waals surface area contributed by atoms with E-state index in [4.69, 9.17) is 4.74 Å². The molecule has 0 saturated carbocycles. The molecule has 2 rings (SSSR count). The van der Waals surface area contributed by atoms with Gasteiger partial charge in [-0.2, -0.15) is 0 Å². The van der Waals surface area contributed by atoms with Gasteiger partial charge in [-0.05, 0) is 61.5 Å². The first-order chi connectivity index (χ1) is 10.3. The topological polar surface area (TPSA) is 9.23 Å². The van der Waals surface area contributed by atoms with Gasteiger partial charge in [-0.15, -0.1) is 47.0 Å². The zero-order chi connectivity index (χ0) is 14.9. The van der Waals surface area contributed by atoms with Gasteiger partial charge in [0.2, 0.25) is 0 Å². The smallest absolute Gasteiger partial charge is 0.0594 e.